The van der Waals surface area contributed by atoms with Crippen molar-refractivity contribution >= 4 is 21.4 Å². The number of benzene rings is 1. The first-order valence-corrected chi connectivity index (χ1v) is 9.44. The molecule has 4 atom stereocenters. The molecule has 0 amide bonds. The highest BCUT2D eigenvalue weighted by Crippen LogP contribution is 2.53. The lowest BCUT2D eigenvalue weighted by Gasteiger charge is -2.32. The summed E-state index contributed by atoms with van der Waals surface area (Å²) in [5.74, 6) is 2.86. The molecule has 2 aromatic rings. The normalized spacial score (nSPS) is 29.3. The lowest BCUT2D eigenvalue weighted by Crippen LogP contribution is -2.32. The van der Waals surface area contributed by atoms with Crippen LogP contribution in [0.3, 0.4) is 0 Å². The highest BCUT2D eigenvalue weighted by molar-refractivity contribution is 7.17. The minimum Gasteiger partial charge on any atom is -0.310 e. The van der Waals surface area contributed by atoms with Crippen LogP contribution >= 0.6 is 11.3 Å². The van der Waals surface area contributed by atoms with E-state index in [1.165, 1.54) is 42.2 Å². The average Bonchev–Trinajstić information content (AvgIpc) is 3.23. The number of nitrogens with one attached hydrogen (secondary N) is 1. The number of fused-ring (bicyclic) bond motifs is 3. The number of rotatable bonds is 5. The lowest BCUT2D eigenvalue weighted by molar-refractivity contribution is 0.252. The second-order valence-corrected chi connectivity index (χ2v) is 7.87. The van der Waals surface area contributed by atoms with E-state index in [9.17, 15) is 0 Å². The molecule has 4 rings (SSSR count). The third-order valence-corrected chi connectivity index (χ3v) is 6.66. The van der Waals surface area contributed by atoms with Crippen molar-refractivity contribution < 1.29 is 0 Å². The highest BCUT2D eigenvalue weighted by atomic mass is 32.1. The summed E-state index contributed by atoms with van der Waals surface area (Å²) in [6.45, 7) is 3.41. The summed E-state index contributed by atoms with van der Waals surface area (Å²) in [7, 11) is 0. The van der Waals surface area contributed by atoms with Gasteiger partial charge in [-0.2, -0.15) is 0 Å². The van der Waals surface area contributed by atoms with Crippen molar-refractivity contribution in [2.45, 2.75) is 45.1 Å². The quantitative estimate of drug-likeness (QED) is 0.781. The Morgan fingerprint density at radius 2 is 2.19 bits per heavy atom. The van der Waals surface area contributed by atoms with Crippen molar-refractivity contribution in [1.82, 2.24) is 5.32 Å². The predicted octanol–water partition coefficient (Wildman–Crippen LogP) is 5.38. The van der Waals surface area contributed by atoms with Gasteiger partial charge in [-0.3, -0.25) is 0 Å². The Kier molecular flexibility index (Phi) is 3.76. The summed E-state index contributed by atoms with van der Waals surface area (Å²) < 4.78 is 1.51. The Bertz CT molecular complexity index is 617. The number of hydrogen-bond donors (Lipinski definition) is 1. The van der Waals surface area contributed by atoms with Gasteiger partial charge >= 0.3 is 0 Å². The van der Waals surface area contributed by atoms with Gasteiger partial charge in [-0.25, -0.2) is 0 Å². The molecule has 1 aromatic carbocycles. The first-order valence-electron chi connectivity index (χ1n) is 8.56. The molecular formula is C19H25NS. The molecule has 1 heterocycles. The van der Waals surface area contributed by atoms with Gasteiger partial charge in [0.25, 0.3) is 0 Å². The minimum atomic E-state index is 0.572. The van der Waals surface area contributed by atoms with Crippen molar-refractivity contribution in [3.8, 4) is 0 Å². The lowest BCUT2D eigenvalue weighted by atomic mass is 9.80. The van der Waals surface area contributed by atoms with E-state index in [4.69, 9.17) is 0 Å². The molecule has 0 saturated heterocycles. The van der Waals surface area contributed by atoms with Gasteiger partial charge < -0.3 is 5.32 Å². The Morgan fingerprint density at radius 1 is 1.24 bits per heavy atom. The molecule has 2 bridgehead atoms. The number of hydrogen-bond acceptors (Lipinski definition) is 2. The van der Waals surface area contributed by atoms with E-state index in [-0.39, 0.29) is 0 Å². The van der Waals surface area contributed by atoms with Crippen LogP contribution in [-0.2, 0) is 0 Å². The molecule has 1 nitrogen and oxygen atoms in total. The molecule has 2 aliphatic carbocycles. The van der Waals surface area contributed by atoms with Gasteiger partial charge in [0, 0.05) is 10.7 Å². The van der Waals surface area contributed by atoms with Gasteiger partial charge in [-0.1, -0.05) is 31.5 Å². The van der Waals surface area contributed by atoms with Crippen LogP contribution in [0.4, 0.5) is 0 Å². The molecular weight excluding hydrogens is 274 g/mol. The molecule has 0 aliphatic heterocycles. The van der Waals surface area contributed by atoms with Crippen LogP contribution in [0, 0.1) is 17.8 Å². The maximum atomic E-state index is 3.90. The average molecular weight is 299 g/mol. The first kappa shape index (κ1) is 13.8. The molecule has 1 N–H and O–H groups in total. The summed E-state index contributed by atoms with van der Waals surface area (Å²) in [6, 6.07) is 9.72. The third kappa shape index (κ3) is 2.43. The Morgan fingerprint density at radius 3 is 2.95 bits per heavy atom. The van der Waals surface area contributed by atoms with Crippen molar-refractivity contribution in [3.63, 3.8) is 0 Å². The molecule has 0 radical (unpaired) electrons. The van der Waals surface area contributed by atoms with Crippen LogP contribution in [-0.4, -0.2) is 6.54 Å². The summed E-state index contributed by atoms with van der Waals surface area (Å²) in [6.07, 6.45) is 7.13. The van der Waals surface area contributed by atoms with Crippen LogP contribution in [0.15, 0.2) is 29.6 Å². The van der Waals surface area contributed by atoms with Gasteiger partial charge in [0.2, 0.25) is 0 Å². The van der Waals surface area contributed by atoms with Crippen LogP contribution in [0.2, 0.25) is 0 Å². The van der Waals surface area contributed by atoms with E-state index in [0.29, 0.717) is 6.04 Å². The molecule has 21 heavy (non-hydrogen) atoms. The zero-order chi connectivity index (χ0) is 14.2. The van der Waals surface area contributed by atoms with Crippen LogP contribution < -0.4 is 5.32 Å². The van der Waals surface area contributed by atoms with Crippen LogP contribution in [0.25, 0.3) is 10.1 Å². The molecule has 4 unspecified atom stereocenters. The van der Waals surface area contributed by atoms with E-state index in [1.807, 2.05) is 11.3 Å². The number of thiophene rings is 1. The molecule has 0 spiro atoms. The summed E-state index contributed by atoms with van der Waals surface area (Å²) in [5, 5.41) is 7.56. The predicted molar refractivity (Wildman–Crippen MR) is 91.8 cm³/mol. The molecule has 2 aliphatic rings. The fourth-order valence-electron chi connectivity index (χ4n) is 4.76. The van der Waals surface area contributed by atoms with Gasteiger partial charge in [0.1, 0.15) is 0 Å². The van der Waals surface area contributed by atoms with Gasteiger partial charge in [-0.15, -0.1) is 11.3 Å². The fraction of sp³-hybridized carbons (Fsp3) is 0.579. The highest BCUT2D eigenvalue weighted by Gasteiger charge is 2.43. The van der Waals surface area contributed by atoms with Crippen molar-refractivity contribution in [2.24, 2.45) is 17.8 Å². The maximum Gasteiger partial charge on any atom is 0.0390 e. The smallest absolute Gasteiger partial charge is 0.0390 e. The van der Waals surface area contributed by atoms with E-state index in [0.717, 1.165) is 24.3 Å². The zero-order valence-electron chi connectivity index (χ0n) is 12.8. The van der Waals surface area contributed by atoms with Gasteiger partial charge in [0.05, 0.1) is 0 Å². The maximum absolute atomic E-state index is 3.90. The van der Waals surface area contributed by atoms with Crippen molar-refractivity contribution in [1.29, 1.82) is 0 Å². The van der Waals surface area contributed by atoms with Crippen LogP contribution in [0.5, 0.6) is 0 Å². The first-order chi connectivity index (χ1) is 10.4. The fourth-order valence-corrected chi connectivity index (χ4v) is 5.71. The molecule has 2 heteroatoms. The Hall–Kier alpha value is -0.860. The van der Waals surface area contributed by atoms with E-state index < -0.39 is 0 Å². The van der Waals surface area contributed by atoms with Crippen LogP contribution in [0.1, 0.15) is 50.6 Å². The Balaban J connectivity index is 1.70. The van der Waals surface area contributed by atoms with Crippen molar-refractivity contribution in [2.75, 3.05) is 6.54 Å². The summed E-state index contributed by atoms with van der Waals surface area (Å²) >= 11 is 1.91. The Labute approximate surface area is 131 Å². The largest absolute Gasteiger partial charge is 0.310 e. The topological polar surface area (TPSA) is 12.0 Å². The monoisotopic (exact) mass is 299 g/mol. The van der Waals surface area contributed by atoms with E-state index in [1.54, 1.807) is 5.56 Å². The van der Waals surface area contributed by atoms with Gasteiger partial charge in [-0.05, 0) is 72.4 Å². The molecule has 112 valence electrons. The third-order valence-electron chi connectivity index (χ3n) is 5.68. The summed E-state index contributed by atoms with van der Waals surface area (Å²) in [4.78, 5) is 0. The van der Waals surface area contributed by atoms with Gasteiger partial charge in [0.15, 0.2) is 0 Å². The molecule has 2 fully saturated rings. The zero-order valence-corrected chi connectivity index (χ0v) is 13.7. The molecule has 1 aromatic heterocycles. The molecule has 2 saturated carbocycles. The second-order valence-electron chi connectivity index (χ2n) is 6.96. The SMILES string of the molecule is CCCNC(c1cccc2ccsc12)C1CC2CCC1C2. The minimum absolute atomic E-state index is 0.572. The standard InChI is InChI=1S/C19H25NS/c1-2-9-20-18(17-12-13-6-7-15(17)11-13)16-5-3-4-14-8-10-21-19(14)16/h3-5,8,10,13,15,17-18,20H,2,6-7,9,11-12H2,1H3. The second kappa shape index (κ2) is 5.73. The van der Waals surface area contributed by atoms with E-state index in [2.05, 4.69) is 41.9 Å². The van der Waals surface area contributed by atoms with Crippen molar-refractivity contribution in [3.05, 3.63) is 35.2 Å². The van der Waals surface area contributed by atoms with E-state index >= 15 is 0 Å². The summed E-state index contributed by atoms with van der Waals surface area (Å²) in [5.41, 5.74) is 1.56.